The minimum absolute atomic E-state index is 0.654. The third kappa shape index (κ3) is 8.04. The first kappa shape index (κ1) is 12.7. The van der Waals surface area contributed by atoms with Gasteiger partial charge in [-0.25, -0.2) is 0 Å². The summed E-state index contributed by atoms with van der Waals surface area (Å²) in [6.07, 6.45) is 7.09. The quantitative estimate of drug-likeness (QED) is 0.569. The van der Waals surface area contributed by atoms with Crippen LogP contribution in [0.4, 0.5) is 0 Å². The highest BCUT2D eigenvalue weighted by molar-refractivity contribution is 4.77. The lowest BCUT2D eigenvalue weighted by Gasteiger charge is -2.16. The Bertz CT molecular complexity index is 118. The fraction of sp³-hybridized carbons (Fsp3) is 0.833. The van der Waals surface area contributed by atoms with Gasteiger partial charge >= 0.3 is 0 Å². The maximum absolute atomic E-state index is 3.79. The van der Waals surface area contributed by atoms with Gasteiger partial charge in [0, 0.05) is 6.04 Å². The topological polar surface area (TPSA) is 12.0 Å². The third-order valence-electron chi connectivity index (χ3n) is 2.28. The van der Waals surface area contributed by atoms with Gasteiger partial charge in [-0.2, -0.15) is 0 Å². The molecule has 0 heterocycles. The lowest BCUT2D eigenvalue weighted by atomic mass is 10.0. The molecule has 0 aliphatic rings. The molecule has 0 aromatic heterocycles. The van der Waals surface area contributed by atoms with Crippen LogP contribution in [0, 0.1) is 5.92 Å². The fourth-order valence-corrected chi connectivity index (χ4v) is 1.57. The molecule has 78 valence electrons. The minimum Gasteiger partial charge on any atom is -0.314 e. The van der Waals surface area contributed by atoms with Crippen molar-refractivity contribution in [2.75, 3.05) is 6.54 Å². The van der Waals surface area contributed by atoms with E-state index in [0.717, 1.165) is 18.9 Å². The van der Waals surface area contributed by atoms with Gasteiger partial charge in [-0.05, 0) is 25.3 Å². The first-order chi connectivity index (χ1) is 6.20. The van der Waals surface area contributed by atoms with Crippen LogP contribution in [0.3, 0.4) is 0 Å². The SMILES string of the molecule is C=CCC(CCCC(C)C)NCC. The number of hydrogen-bond donors (Lipinski definition) is 1. The molecule has 0 aromatic rings. The van der Waals surface area contributed by atoms with Crippen molar-refractivity contribution < 1.29 is 0 Å². The van der Waals surface area contributed by atoms with Gasteiger partial charge in [-0.15, -0.1) is 6.58 Å². The van der Waals surface area contributed by atoms with Gasteiger partial charge in [0.2, 0.25) is 0 Å². The first-order valence-electron chi connectivity index (χ1n) is 5.55. The number of nitrogens with one attached hydrogen (secondary N) is 1. The van der Waals surface area contributed by atoms with Crippen molar-refractivity contribution in [3.05, 3.63) is 12.7 Å². The molecule has 1 heteroatoms. The average Bonchev–Trinajstić information content (AvgIpc) is 2.04. The van der Waals surface area contributed by atoms with Crippen molar-refractivity contribution in [2.45, 2.75) is 52.5 Å². The van der Waals surface area contributed by atoms with Crippen LogP contribution in [0.2, 0.25) is 0 Å². The van der Waals surface area contributed by atoms with Crippen LogP contribution in [0.1, 0.15) is 46.5 Å². The smallest absolute Gasteiger partial charge is 0.0101 e. The molecule has 0 saturated heterocycles. The van der Waals surface area contributed by atoms with E-state index in [2.05, 4.69) is 32.7 Å². The highest BCUT2D eigenvalue weighted by atomic mass is 14.9. The van der Waals surface area contributed by atoms with Gasteiger partial charge in [0.15, 0.2) is 0 Å². The van der Waals surface area contributed by atoms with Crippen molar-refractivity contribution in [1.29, 1.82) is 0 Å². The molecular formula is C12H25N. The van der Waals surface area contributed by atoms with Gasteiger partial charge in [0.25, 0.3) is 0 Å². The van der Waals surface area contributed by atoms with Crippen molar-refractivity contribution >= 4 is 0 Å². The van der Waals surface area contributed by atoms with Crippen LogP contribution in [0.15, 0.2) is 12.7 Å². The third-order valence-corrected chi connectivity index (χ3v) is 2.28. The average molecular weight is 183 g/mol. The molecular weight excluding hydrogens is 158 g/mol. The second-order valence-corrected chi connectivity index (χ2v) is 4.10. The van der Waals surface area contributed by atoms with Crippen LogP contribution in [-0.4, -0.2) is 12.6 Å². The van der Waals surface area contributed by atoms with E-state index in [0.29, 0.717) is 6.04 Å². The Kier molecular flexibility index (Phi) is 8.11. The van der Waals surface area contributed by atoms with E-state index in [-0.39, 0.29) is 0 Å². The zero-order chi connectivity index (χ0) is 10.1. The Balaban J connectivity index is 3.49. The van der Waals surface area contributed by atoms with Gasteiger partial charge in [-0.1, -0.05) is 39.7 Å². The summed E-state index contributed by atoms with van der Waals surface area (Å²) in [6.45, 7) is 11.6. The predicted molar refractivity (Wildman–Crippen MR) is 61.0 cm³/mol. The van der Waals surface area contributed by atoms with Gasteiger partial charge in [-0.3, -0.25) is 0 Å². The molecule has 0 rings (SSSR count). The molecule has 0 spiro atoms. The van der Waals surface area contributed by atoms with Crippen LogP contribution < -0.4 is 5.32 Å². The molecule has 1 nitrogen and oxygen atoms in total. The molecule has 13 heavy (non-hydrogen) atoms. The molecule has 0 aromatic carbocycles. The zero-order valence-corrected chi connectivity index (χ0v) is 9.47. The maximum Gasteiger partial charge on any atom is 0.0101 e. The van der Waals surface area contributed by atoms with Crippen molar-refractivity contribution in [1.82, 2.24) is 5.32 Å². The summed E-state index contributed by atoms with van der Waals surface area (Å²) in [4.78, 5) is 0. The van der Waals surface area contributed by atoms with E-state index in [9.17, 15) is 0 Å². The zero-order valence-electron chi connectivity index (χ0n) is 9.47. The second-order valence-electron chi connectivity index (χ2n) is 4.10. The number of rotatable bonds is 8. The van der Waals surface area contributed by atoms with Crippen molar-refractivity contribution in [2.24, 2.45) is 5.92 Å². The Labute approximate surface area is 83.6 Å². The summed E-state index contributed by atoms with van der Waals surface area (Å²) in [5.41, 5.74) is 0. The summed E-state index contributed by atoms with van der Waals surface area (Å²) in [7, 11) is 0. The van der Waals surface area contributed by atoms with E-state index >= 15 is 0 Å². The van der Waals surface area contributed by atoms with E-state index in [1.807, 2.05) is 6.08 Å². The molecule has 1 atom stereocenters. The maximum atomic E-state index is 3.79. The standard InChI is InChI=1S/C12H25N/c1-5-8-12(13-6-2)10-7-9-11(3)4/h5,11-13H,1,6-10H2,2-4H3. The van der Waals surface area contributed by atoms with E-state index in [1.165, 1.54) is 19.3 Å². The Hall–Kier alpha value is -0.300. The Morgan fingerprint density at radius 1 is 1.31 bits per heavy atom. The van der Waals surface area contributed by atoms with Crippen molar-refractivity contribution in [3.8, 4) is 0 Å². The lowest BCUT2D eigenvalue weighted by molar-refractivity contribution is 0.446. The van der Waals surface area contributed by atoms with Gasteiger partial charge < -0.3 is 5.32 Å². The predicted octanol–water partition coefficient (Wildman–Crippen LogP) is 3.37. The summed E-state index contributed by atoms with van der Waals surface area (Å²) >= 11 is 0. The largest absolute Gasteiger partial charge is 0.314 e. The molecule has 0 amide bonds. The van der Waals surface area contributed by atoms with E-state index in [4.69, 9.17) is 0 Å². The molecule has 0 saturated carbocycles. The minimum atomic E-state index is 0.654. The Morgan fingerprint density at radius 3 is 2.46 bits per heavy atom. The molecule has 1 unspecified atom stereocenters. The fourth-order valence-electron chi connectivity index (χ4n) is 1.57. The van der Waals surface area contributed by atoms with Gasteiger partial charge in [0.05, 0.1) is 0 Å². The van der Waals surface area contributed by atoms with Gasteiger partial charge in [0.1, 0.15) is 0 Å². The van der Waals surface area contributed by atoms with E-state index in [1.54, 1.807) is 0 Å². The molecule has 0 radical (unpaired) electrons. The molecule has 0 fully saturated rings. The molecule has 0 aliphatic heterocycles. The normalized spacial score (nSPS) is 13.2. The highest BCUT2D eigenvalue weighted by Crippen LogP contribution is 2.10. The first-order valence-corrected chi connectivity index (χ1v) is 5.55. The molecule has 0 aliphatic carbocycles. The molecule has 0 bridgehead atoms. The Morgan fingerprint density at radius 2 is 2.00 bits per heavy atom. The van der Waals surface area contributed by atoms with Crippen LogP contribution in [-0.2, 0) is 0 Å². The van der Waals surface area contributed by atoms with Crippen molar-refractivity contribution in [3.63, 3.8) is 0 Å². The second kappa shape index (κ2) is 8.31. The molecule has 1 N–H and O–H groups in total. The summed E-state index contributed by atoms with van der Waals surface area (Å²) < 4.78 is 0. The number of hydrogen-bond acceptors (Lipinski definition) is 1. The summed E-state index contributed by atoms with van der Waals surface area (Å²) in [5, 5.41) is 3.49. The van der Waals surface area contributed by atoms with E-state index < -0.39 is 0 Å². The monoisotopic (exact) mass is 183 g/mol. The van der Waals surface area contributed by atoms with Crippen LogP contribution >= 0.6 is 0 Å². The highest BCUT2D eigenvalue weighted by Gasteiger charge is 2.04. The summed E-state index contributed by atoms with van der Waals surface area (Å²) in [5.74, 6) is 0.839. The summed E-state index contributed by atoms with van der Waals surface area (Å²) in [6, 6.07) is 0.654. The van der Waals surface area contributed by atoms with Crippen LogP contribution in [0.5, 0.6) is 0 Å². The lowest BCUT2D eigenvalue weighted by Crippen LogP contribution is -2.28. The van der Waals surface area contributed by atoms with Crippen LogP contribution in [0.25, 0.3) is 0 Å².